The van der Waals surface area contributed by atoms with Crippen LogP contribution in [0.4, 0.5) is 0 Å². The molecule has 0 spiro atoms. The maximum atomic E-state index is 12.6. The predicted molar refractivity (Wildman–Crippen MR) is 92.0 cm³/mol. The maximum Gasteiger partial charge on any atom is 0.337 e. The van der Waals surface area contributed by atoms with Gasteiger partial charge in [0.1, 0.15) is 17.5 Å². The Balaban J connectivity index is 2.25. The van der Waals surface area contributed by atoms with E-state index in [0.717, 1.165) is 0 Å². The van der Waals surface area contributed by atoms with E-state index in [1.807, 2.05) is 0 Å². The van der Waals surface area contributed by atoms with Crippen LogP contribution >= 0.6 is 0 Å². The first-order valence-corrected chi connectivity index (χ1v) is 8.01. The highest BCUT2D eigenvalue weighted by Gasteiger charge is 2.44. The number of benzene rings is 1. The van der Waals surface area contributed by atoms with Gasteiger partial charge in [-0.2, -0.15) is 0 Å². The zero-order valence-electron chi connectivity index (χ0n) is 14.6. The Bertz CT molecular complexity index is 884. The number of pyridine rings is 1. The zero-order chi connectivity index (χ0) is 18.4. The lowest BCUT2D eigenvalue weighted by Gasteiger charge is -2.42. The molecule has 0 fully saturated rings. The minimum atomic E-state index is -0.956. The monoisotopic (exact) mass is 343 g/mol. The van der Waals surface area contributed by atoms with Crippen LogP contribution in [0.5, 0.6) is 5.75 Å². The van der Waals surface area contributed by atoms with E-state index in [0.29, 0.717) is 22.4 Å². The van der Waals surface area contributed by atoms with Crippen LogP contribution in [0.1, 0.15) is 41.3 Å². The number of esters is 1. The van der Waals surface area contributed by atoms with Crippen molar-refractivity contribution in [1.82, 2.24) is 4.57 Å². The molecule has 0 bridgehead atoms. The van der Waals surface area contributed by atoms with Crippen LogP contribution in [0.15, 0.2) is 41.3 Å². The molecule has 1 aliphatic heterocycles. The molecular formula is C19H21NO5. The smallest absolute Gasteiger partial charge is 0.337 e. The number of carbonyl (C=O) groups is 1. The zero-order valence-corrected chi connectivity index (χ0v) is 14.6. The summed E-state index contributed by atoms with van der Waals surface area (Å²) in [6.45, 7) is 3.55. The summed E-state index contributed by atoms with van der Waals surface area (Å²) >= 11 is 0. The number of methoxy groups -OCH3 is 1. The standard InChI is InChI=1S/C19H21NO5/c1-19(2)16(21)15(12-6-5-9-20(3)17(12)22)13-10-11(18(23)24-4)7-8-14(13)25-19/h5-10,15-16,21H,1-4H3. The molecule has 2 aromatic rings. The first kappa shape index (κ1) is 17.2. The maximum absolute atomic E-state index is 12.6. The van der Waals surface area contributed by atoms with Gasteiger partial charge in [0.15, 0.2) is 0 Å². The second-order valence-corrected chi connectivity index (χ2v) is 6.75. The van der Waals surface area contributed by atoms with Gasteiger partial charge in [-0.25, -0.2) is 4.79 Å². The summed E-state index contributed by atoms with van der Waals surface area (Å²) in [7, 11) is 2.97. The quantitative estimate of drug-likeness (QED) is 0.842. The highest BCUT2D eigenvalue weighted by molar-refractivity contribution is 5.90. The average Bonchev–Trinajstić information content (AvgIpc) is 2.58. The van der Waals surface area contributed by atoms with E-state index < -0.39 is 23.6 Å². The molecule has 2 atom stereocenters. The summed E-state index contributed by atoms with van der Waals surface area (Å²) < 4.78 is 12.1. The van der Waals surface area contributed by atoms with Gasteiger partial charge in [-0.15, -0.1) is 0 Å². The Morgan fingerprint density at radius 1 is 1.28 bits per heavy atom. The Morgan fingerprint density at radius 2 is 2.00 bits per heavy atom. The third-order valence-electron chi connectivity index (χ3n) is 4.65. The van der Waals surface area contributed by atoms with Gasteiger partial charge in [0.25, 0.3) is 5.56 Å². The second kappa shape index (κ2) is 6.04. The highest BCUT2D eigenvalue weighted by Crippen LogP contribution is 2.44. The second-order valence-electron chi connectivity index (χ2n) is 6.75. The van der Waals surface area contributed by atoms with Gasteiger partial charge in [0.2, 0.25) is 0 Å². The lowest BCUT2D eigenvalue weighted by Crippen LogP contribution is -2.50. The number of hydrogen-bond donors (Lipinski definition) is 1. The summed E-state index contributed by atoms with van der Waals surface area (Å²) in [5, 5.41) is 10.9. The van der Waals surface area contributed by atoms with Crippen molar-refractivity contribution in [3.8, 4) is 5.75 Å². The number of hydrogen-bond acceptors (Lipinski definition) is 5. The van der Waals surface area contributed by atoms with E-state index in [1.54, 1.807) is 57.4 Å². The number of nitrogens with zero attached hydrogens (tertiary/aromatic N) is 1. The number of aryl methyl sites for hydroxylation is 1. The molecule has 3 rings (SSSR count). The molecule has 0 radical (unpaired) electrons. The van der Waals surface area contributed by atoms with Gasteiger partial charge in [0.05, 0.1) is 12.7 Å². The fourth-order valence-electron chi connectivity index (χ4n) is 3.24. The van der Waals surface area contributed by atoms with Crippen LogP contribution in [-0.2, 0) is 11.8 Å². The third kappa shape index (κ3) is 2.82. The van der Waals surface area contributed by atoms with Crippen LogP contribution in [0.2, 0.25) is 0 Å². The minimum Gasteiger partial charge on any atom is -0.485 e. The van der Waals surface area contributed by atoms with Gasteiger partial charge < -0.3 is 19.1 Å². The lowest BCUT2D eigenvalue weighted by molar-refractivity contribution is -0.0514. The van der Waals surface area contributed by atoms with E-state index in [1.165, 1.54) is 11.7 Å². The summed E-state index contributed by atoms with van der Waals surface area (Å²) in [6, 6.07) is 8.37. The van der Waals surface area contributed by atoms with Gasteiger partial charge in [-0.1, -0.05) is 6.07 Å². The molecule has 6 nitrogen and oxygen atoms in total. The topological polar surface area (TPSA) is 77.8 Å². The largest absolute Gasteiger partial charge is 0.485 e. The average molecular weight is 343 g/mol. The molecule has 1 aromatic heterocycles. The van der Waals surface area contributed by atoms with Crippen LogP contribution in [0, 0.1) is 0 Å². The van der Waals surface area contributed by atoms with Gasteiger partial charge in [-0.05, 0) is 38.1 Å². The predicted octanol–water partition coefficient (Wildman–Crippen LogP) is 1.84. The van der Waals surface area contributed by atoms with Gasteiger partial charge in [-0.3, -0.25) is 4.79 Å². The molecule has 6 heteroatoms. The van der Waals surface area contributed by atoms with Gasteiger partial charge >= 0.3 is 5.97 Å². The van der Waals surface area contributed by atoms with E-state index in [9.17, 15) is 14.7 Å². The molecule has 132 valence electrons. The lowest BCUT2D eigenvalue weighted by atomic mass is 9.77. The van der Waals surface area contributed by atoms with Crippen molar-refractivity contribution in [2.45, 2.75) is 31.5 Å². The molecule has 2 unspecified atom stereocenters. The summed E-state index contributed by atoms with van der Waals surface area (Å²) in [5.74, 6) is -0.552. The van der Waals surface area contributed by atoms with Crippen molar-refractivity contribution in [1.29, 1.82) is 0 Å². The molecule has 1 aliphatic rings. The number of rotatable bonds is 2. The molecule has 25 heavy (non-hydrogen) atoms. The molecule has 2 heterocycles. The minimum absolute atomic E-state index is 0.196. The van der Waals surface area contributed by atoms with Crippen molar-refractivity contribution in [3.05, 3.63) is 63.6 Å². The Labute approximate surface area is 145 Å². The first-order chi connectivity index (χ1) is 11.8. The Hall–Kier alpha value is -2.60. The third-order valence-corrected chi connectivity index (χ3v) is 4.65. The van der Waals surface area contributed by atoms with Crippen molar-refractivity contribution in [2.75, 3.05) is 7.11 Å². The molecule has 0 saturated heterocycles. The van der Waals surface area contributed by atoms with Gasteiger partial charge in [0, 0.05) is 30.3 Å². The normalized spacial score (nSPS) is 21.2. The molecule has 0 aliphatic carbocycles. The van der Waals surface area contributed by atoms with Crippen LogP contribution in [-0.4, -0.2) is 34.5 Å². The Kier molecular flexibility index (Phi) is 4.16. The summed E-state index contributed by atoms with van der Waals surface area (Å²) in [5.41, 5.74) is 0.314. The van der Waals surface area contributed by atoms with Crippen LogP contribution < -0.4 is 10.3 Å². The number of fused-ring (bicyclic) bond motifs is 1. The van der Waals surface area contributed by atoms with E-state index in [4.69, 9.17) is 9.47 Å². The fraction of sp³-hybridized carbons (Fsp3) is 0.368. The summed E-state index contributed by atoms with van der Waals surface area (Å²) in [6.07, 6.45) is 0.706. The van der Waals surface area contributed by atoms with Crippen molar-refractivity contribution >= 4 is 5.97 Å². The van der Waals surface area contributed by atoms with Crippen LogP contribution in [0.25, 0.3) is 0 Å². The fourth-order valence-corrected chi connectivity index (χ4v) is 3.24. The van der Waals surface area contributed by atoms with E-state index >= 15 is 0 Å². The number of aliphatic hydroxyl groups excluding tert-OH is 1. The van der Waals surface area contributed by atoms with Crippen molar-refractivity contribution in [2.24, 2.45) is 7.05 Å². The number of aromatic nitrogens is 1. The molecule has 0 saturated carbocycles. The molecule has 0 amide bonds. The van der Waals surface area contributed by atoms with E-state index in [2.05, 4.69) is 0 Å². The molecule has 1 N–H and O–H groups in total. The van der Waals surface area contributed by atoms with Crippen LogP contribution in [0.3, 0.4) is 0 Å². The number of ether oxygens (including phenoxy) is 2. The number of aliphatic hydroxyl groups is 1. The SMILES string of the molecule is COC(=O)c1ccc2c(c1)C(c1cccn(C)c1=O)C(O)C(C)(C)O2. The number of carbonyl (C=O) groups excluding carboxylic acids is 1. The van der Waals surface area contributed by atoms with Crippen molar-refractivity contribution < 1.29 is 19.4 Å². The first-order valence-electron chi connectivity index (χ1n) is 8.01. The molecule has 1 aromatic carbocycles. The highest BCUT2D eigenvalue weighted by atomic mass is 16.5. The van der Waals surface area contributed by atoms with Crippen molar-refractivity contribution in [3.63, 3.8) is 0 Å². The van der Waals surface area contributed by atoms with E-state index in [-0.39, 0.29) is 5.56 Å². The molecular weight excluding hydrogens is 322 g/mol. The summed E-state index contributed by atoms with van der Waals surface area (Å²) in [4.78, 5) is 24.5. The Morgan fingerprint density at radius 3 is 2.68 bits per heavy atom.